The first-order valence-electron chi connectivity index (χ1n) is 6.36. The van der Waals surface area contributed by atoms with Crippen molar-refractivity contribution < 1.29 is 14.6 Å². The third-order valence-corrected chi connectivity index (χ3v) is 4.16. The summed E-state index contributed by atoms with van der Waals surface area (Å²) < 4.78 is 6.69. The summed E-state index contributed by atoms with van der Waals surface area (Å²) in [5.41, 5.74) is 1.78. The molecule has 21 heavy (non-hydrogen) atoms. The van der Waals surface area contributed by atoms with Crippen LogP contribution in [0.3, 0.4) is 0 Å². The average molecular weight is 417 g/mol. The molecule has 0 fully saturated rings. The second-order valence-electron chi connectivity index (χ2n) is 4.69. The van der Waals surface area contributed by atoms with Gasteiger partial charge in [-0.05, 0) is 71.0 Å². The van der Waals surface area contributed by atoms with E-state index in [9.17, 15) is 9.90 Å². The zero-order chi connectivity index (χ0) is 15.4. The van der Waals surface area contributed by atoms with Gasteiger partial charge >= 0.3 is 5.97 Å². The highest BCUT2D eigenvalue weighted by molar-refractivity contribution is 14.1. The van der Waals surface area contributed by atoms with E-state index in [0.29, 0.717) is 17.2 Å². The Kier molecular flexibility index (Phi) is 5.47. The van der Waals surface area contributed by atoms with Gasteiger partial charge in [0.15, 0.2) is 6.10 Å². The van der Waals surface area contributed by atoms with E-state index in [2.05, 4.69) is 22.6 Å². The lowest BCUT2D eigenvalue weighted by atomic mass is 10.1. The maximum atomic E-state index is 11.4. The molecule has 0 heterocycles. The fourth-order valence-corrected chi connectivity index (χ4v) is 2.35. The molecule has 0 saturated carbocycles. The third-order valence-electron chi connectivity index (χ3n) is 3.02. The van der Waals surface area contributed by atoms with E-state index in [1.54, 1.807) is 18.2 Å². The highest BCUT2D eigenvalue weighted by atomic mass is 127. The van der Waals surface area contributed by atoms with E-state index in [-0.39, 0.29) is 0 Å². The molecule has 1 atom stereocenters. The van der Waals surface area contributed by atoms with Gasteiger partial charge in [0, 0.05) is 15.0 Å². The Labute approximate surface area is 142 Å². The lowest BCUT2D eigenvalue weighted by Gasteiger charge is -2.16. The normalized spacial score (nSPS) is 12.0. The summed E-state index contributed by atoms with van der Waals surface area (Å²) in [7, 11) is 0. The quantitative estimate of drug-likeness (QED) is 0.738. The lowest BCUT2D eigenvalue weighted by molar-refractivity contribution is -0.145. The summed E-state index contributed by atoms with van der Waals surface area (Å²) in [5, 5.41) is 9.95. The number of hydrogen-bond donors (Lipinski definition) is 1. The number of ether oxygens (including phenoxy) is 1. The van der Waals surface area contributed by atoms with Gasteiger partial charge in [-0.1, -0.05) is 23.7 Å². The summed E-state index contributed by atoms with van der Waals surface area (Å²) in [6.45, 7) is 1.85. The van der Waals surface area contributed by atoms with Crippen LogP contribution in [0, 0.1) is 10.5 Å². The molecule has 2 aromatic rings. The average Bonchev–Trinajstić information content (AvgIpc) is 2.44. The van der Waals surface area contributed by atoms with Crippen molar-refractivity contribution in [3.63, 3.8) is 0 Å². The summed E-state index contributed by atoms with van der Waals surface area (Å²) in [6.07, 6.45) is -0.612. The Morgan fingerprint density at radius 3 is 2.52 bits per heavy atom. The maximum Gasteiger partial charge on any atom is 0.345 e. The van der Waals surface area contributed by atoms with Crippen LogP contribution in [0.1, 0.15) is 11.1 Å². The fraction of sp³-hybridized carbons (Fsp3) is 0.188. The van der Waals surface area contributed by atoms with Crippen LogP contribution in [-0.4, -0.2) is 17.2 Å². The summed E-state index contributed by atoms with van der Waals surface area (Å²) in [4.78, 5) is 11.4. The minimum atomic E-state index is -0.985. The number of benzene rings is 2. The first kappa shape index (κ1) is 16.1. The number of rotatable bonds is 5. The molecule has 0 amide bonds. The molecule has 0 bridgehead atoms. The van der Waals surface area contributed by atoms with Crippen molar-refractivity contribution >= 4 is 40.2 Å². The molecule has 0 aliphatic carbocycles. The number of hydrogen-bond acceptors (Lipinski definition) is 2. The summed E-state index contributed by atoms with van der Waals surface area (Å²) >= 11 is 8.16. The van der Waals surface area contributed by atoms with Crippen LogP contribution in [0.2, 0.25) is 5.02 Å². The van der Waals surface area contributed by atoms with E-state index in [0.717, 1.165) is 14.7 Å². The first-order chi connectivity index (χ1) is 9.95. The molecule has 0 aromatic heterocycles. The van der Waals surface area contributed by atoms with E-state index in [4.69, 9.17) is 16.3 Å². The monoisotopic (exact) mass is 416 g/mol. The molecule has 110 valence electrons. The SMILES string of the molecule is Cc1cc(OC(Cc2ccc(I)cc2)C(=O)O)ccc1Cl. The largest absolute Gasteiger partial charge is 0.478 e. The van der Waals surface area contributed by atoms with Gasteiger partial charge in [0.25, 0.3) is 0 Å². The number of carboxylic acid groups (broad SMARTS) is 1. The molecule has 5 heteroatoms. The number of carboxylic acids is 1. The molecule has 3 nitrogen and oxygen atoms in total. The Bertz CT molecular complexity index is 640. The van der Waals surface area contributed by atoms with Gasteiger partial charge in [0.2, 0.25) is 0 Å². The molecular formula is C16H14ClIO3. The smallest absolute Gasteiger partial charge is 0.345 e. The molecule has 0 aliphatic rings. The molecule has 1 unspecified atom stereocenters. The molecule has 0 saturated heterocycles. The van der Waals surface area contributed by atoms with E-state index < -0.39 is 12.1 Å². The number of aryl methyl sites for hydroxylation is 1. The predicted octanol–water partition coefficient (Wildman–Crippen LogP) is 4.33. The Hall–Kier alpha value is -1.27. The predicted molar refractivity (Wildman–Crippen MR) is 91.1 cm³/mol. The molecule has 2 rings (SSSR count). The number of carbonyl (C=O) groups is 1. The van der Waals surface area contributed by atoms with E-state index in [1.807, 2.05) is 31.2 Å². The van der Waals surface area contributed by atoms with Crippen molar-refractivity contribution in [2.75, 3.05) is 0 Å². The van der Waals surface area contributed by atoms with Crippen molar-refractivity contribution in [3.05, 3.63) is 62.2 Å². The van der Waals surface area contributed by atoms with Gasteiger partial charge < -0.3 is 9.84 Å². The van der Waals surface area contributed by atoms with Crippen LogP contribution in [0.15, 0.2) is 42.5 Å². The van der Waals surface area contributed by atoms with Crippen LogP contribution < -0.4 is 4.74 Å². The Morgan fingerprint density at radius 1 is 1.29 bits per heavy atom. The van der Waals surface area contributed by atoms with E-state index in [1.165, 1.54) is 0 Å². The van der Waals surface area contributed by atoms with E-state index >= 15 is 0 Å². The number of aliphatic carboxylic acids is 1. The van der Waals surface area contributed by atoms with Crippen molar-refractivity contribution in [2.24, 2.45) is 0 Å². The number of halogens is 2. The maximum absolute atomic E-state index is 11.4. The second-order valence-corrected chi connectivity index (χ2v) is 6.34. The summed E-state index contributed by atoms with van der Waals surface area (Å²) in [6, 6.07) is 12.8. The van der Waals surface area contributed by atoms with Gasteiger partial charge in [-0.15, -0.1) is 0 Å². The topological polar surface area (TPSA) is 46.5 Å². The summed E-state index contributed by atoms with van der Waals surface area (Å²) in [5.74, 6) is -0.476. The Balaban J connectivity index is 2.13. The minimum Gasteiger partial charge on any atom is -0.478 e. The van der Waals surface area contributed by atoms with Gasteiger partial charge in [-0.25, -0.2) is 4.79 Å². The van der Waals surface area contributed by atoms with Crippen LogP contribution in [0.25, 0.3) is 0 Å². The standard InChI is InChI=1S/C16H14ClIO3/c1-10-8-13(6-7-14(10)17)21-15(16(19)20)9-11-2-4-12(18)5-3-11/h2-8,15H,9H2,1H3,(H,19,20). The van der Waals surface area contributed by atoms with Crippen LogP contribution >= 0.6 is 34.2 Å². The second kappa shape index (κ2) is 7.13. The zero-order valence-electron chi connectivity index (χ0n) is 11.3. The molecule has 1 N–H and O–H groups in total. The Morgan fingerprint density at radius 2 is 1.95 bits per heavy atom. The van der Waals surface area contributed by atoms with Crippen molar-refractivity contribution in [2.45, 2.75) is 19.4 Å². The first-order valence-corrected chi connectivity index (χ1v) is 7.81. The lowest BCUT2D eigenvalue weighted by Crippen LogP contribution is -2.29. The highest BCUT2D eigenvalue weighted by Crippen LogP contribution is 2.22. The van der Waals surface area contributed by atoms with Crippen molar-refractivity contribution in [1.29, 1.82) is 0 Å². The van der Waals surface area contributed by atoms with Crippen molar-refractivity contribution in [1.82, 2.24) is 0 Å². The van der Waals surface area contributed by atoms with Gasteiger partial charge in [0.1, 0.15) is 5.75 Å². The molecule has 0 aliphatic heterocycles. The van der Waals surface area contributed by atoms with Crippen LogP contribution in [0.5, 0.6) is 5.75 Å². The van der Waals surface area contributed by atoms with Crippen molar-refractivity contribution in [3.8, 4) is 5.75 Å². The van der Waals surface area contributed by atoms with Gasteiger partial charge in [-0.3, -0.25) is 0 Å². The van der Waals surface area contributed by atoms with Crippen LogP contribution in [-0.2, 0) is 11.2 Å². The minimum absolute atomic E-state index is 0.313. The fourth-order valence-electron chi connectivity index (χ4n) is 1.87. The third kappa shape index (κ3) is 4.61. The zero-order valence-corrected chi connectivity index (χ0v) is 14.3. The van der Waals surface area contributed by atoms with Gasteiger partial charge in [-0.2, -0.15) is 0 Å². The molecule has 0 spiro atoms. The molecule has 0 radical (unpaired) electrons. The van der Waals surface area contributed by atoms with Gasteiger partial charge in [0.05, 0.1) is 0 Å². The highest BCUT2D eigenvalue weighted by Gasteiger charge is 2.20. The molecule has 2 aromatic carbocycles. The molecular weight excluding hydrogens is 403 g/mol. The van der Waals surface area contributed by atoms with Crippen LogP contribution in [0.4, 0.5) is 0 Å².